The van der Waals surface area contributed by atoms with E-state index in [-0.39, 0.29) is 17.6 Å². The van der Waals surface area contributed by atoms with E-state index in [1.165, 1.54) is 22.6 Å². The van der Waals surface area contributed by atoms with Gasteiger partial charge in [-0.25, -0.2) is 0 Å². The van der Waals surface area contributed by atoms with Gasteiger partial charge in [0.2, 0.25) is 5.91 Å². The molecule has 9 heteroatoms. The number of carbonyl (C=O) groups excluding carboxylic acids is 1. The highest BCUT2D eigenvalue weighted by atomic mass is 32.1. The van der Waals surface area contributed by atoms with E-state index in [4.69, 9.17) is 9.47 Å². The van der Waals surface area contributed by atoms with Crippen LogP contribution < -0.4 is 14.8 Å². The Morgan fingerprint density at radius 2 is 1.97 bits per heavy atom. The second-order valence-corrected chi connectivity index (χ2v) is 9.14. The average Bonchev–Trinajstić information content (AvgIpc) is 3.37. The molecule has 34 heavy (non-hydrogen) atoms. The van der Waals surface area contributed by atoms with Gasteiger partial charge in [0.15, 0.2) is 11.5 Å². The van der Waals surface area contributed by atoms with Crippen LogP contribution >= 0.6 is 11.3 Å². The van der Waals surface area contributed by atoms with Crippen LogP contribution in [0.3, 0.4) is 0 Å². The SMILES string of the molecule is COc1cc2c(cc1OC)C(c1cccs1)N(CCC(=O)Nc1ccc([N+](=O)[O-])cc1C)CC2. The first-order valence-corrected chi connectivity index (χ1v) is 11.9. The first-order valence-electron chi connectivity index (χ1n) is 11.0. The highest BCUT2D eigenvalue weighted by Crippen LogP contribution is 2.42. The quantitative estimate of drug-likeness (QED) is 0.361. The van der Waals surface area contributed by atoms with E-state index < -0.39 is 4.92 Å². The molecule has 0 spiro atoms. The van der Waals surface area contributed by atoms with Crippen LogP contribution in [0.4, 0.5) is 11.4 Å². The van der Waals surface area contributed by atoms with Crippen molar-refractivity contribution in [1.82, 2.24) is 4.90 Å². The van der Waals surface area contributed by atoms with Crippen molar-refractivity contribution in [1.29, 1.82) is 0 Å². The number of nitro groups is 1. The Hall–Kier alpha value is -3.43. The number of ether oxygens (including phenoxy) is 2. The summed E-state index contributed by atoms with van der Waals surface area (Å²) in [5.41, 5.74) is 3.64. The average molecular weight is 482 g/mol. The van der Waals surface area contributed by atoms with Gasteiger partial charge in [-0.05, 0) is 59.7 Å². The molecule has 0 bridgehead atoms. The summed E-state index contributed by atoms with van der Waals surface area (Å²) in [6.07, 6.45) is 1.15. The Morgan fingerprint density at radius 3 is 2.62 bits per heavy atom. The molecule has 0 saturated heterocycles. The maximum Gasteiger partial charge on any atom is 0.269 e. The monoisotopic (exact) mass is 481 g/mol. The molecule has 0 fully saturated rings. The second kappa shape index (κ2) is 10.2. The summed E-state index contributed by atoms with van der Waals surface area (Å²) in [4.78, 5) is 26.8. The summed E-state index contributed by atoms with van der Waals surface area (Å²) in [6.45, 7) is 3.14. The molecule has 2 aromatic carbocycles. The summed E-state index contributed by atoms with van der Waals surface area (Å²) >= 11 is 1.69. The third kappa shape index (κ3) is 4.90. The van der Waals surface area contributed by atoms with Gasteiger partial charge in [0.1, 0.15) is 0 Å². The van der Waals surface area contributed by atoms with Crippen LogP contribution in [0.5, 0.6) is 11.5 Å². The van der Waals surface area contributed by atoms with E-state index in [0.29, 0.717) is 30.0 Å². The molecule has 3 aromatic rings. The summed E-state index contributed by atoms with van der Waals surface area (Å²) in [5, 5.41) is 15.9. The van der Waals surface area contributed by atoms with Crippen molar-refractivity contribution in [2.75, 3.05) is 32.6 Å². The number of aryl methyl sites for hydroxylation is 1. The number of fused-ring (bicyclic) bond motifs is 1. The van der Waals surface area contributed by atoms with E-state index >= 15 is 0 Å². The lowest BCUT2D eigenvalue weighted by molar-refractivity contribution is -0.384. The fourth-order valence-electron chi connectivity index (χ4n) is 4.38. The molecular weight excluding hydrogens is 454 g/mol. The minimum absolute atomic E-state index is 0.00771. The van der Waals surface area contributed by atoms with Gasteiger partial charge in [-0.3, -0.25) is 19.8 Å². The van der Waals surface area contributed by atoms with Crippen molar-refractivity contribution in [3.8, 4) is 11.5 Å². The van der Waals surface area contributed by atoms with Crippen LogP contribution in [-0.2, 0) is 11.2 Å². The van der Waals surface area contributed by atoms with Crippen molar-refractivity contribution >= 4 is 28.6 Å². The van der Waals surface area contributed by atoms with Crippen LogP contribution in [0.15, 0.2) is 47.8 Å². The summed E-state index contributed by atoms with van der Waals surface area (Å²) < 4.78 is 11.1. The topological polar surface area (TPSA) is 93.9 Å². The van der Waals surface area contributed by atoms with Crippen molar-refractivity contribution in [2.45, 2.75) is 25.8 Å². The third-order valence-corrected chi connectivity index (χ3v) is 7.03. The van der Waals surface area contributed by atoms with Gasteiger partial charge >= 0.3 is 0 Å². The van der Waals surface area contributed by atoms with Crippen LogP contribution in [0.25, 0.3) is 0 Å². The number of anilines is 1. The molecule has 1 aliphatic rings. The standard InChI is InChI=1S/C25H27N3O5S/c1-16-13-18(28(30)31)6-7-20(16)26-24(29)9-11-27-10-8-17-14-21(32-2)22(33-3)15-19(17)25(27)23-5-4-12-34-23/h4-7,12-15,25H,8-11H2,1-3H3,(H,26,29). The number of rotatable bonds is 8. The first-order chi connectivity index (χ1) is 16.4. The molecule has 8 nitrogen and oxygen atoms in total. The van der Waals surface area contributed by atoms with Gasteiger partial charge in [0.05, 0.1) is 25.2 Å². The number of hydrogen-bond donors (Lipinski definition) is 1. The van der Waals surface area contributed by atoms with Gasteiger partial charge in [0, 0.05) is 42.2 Å². The largest absolute Gasteiger partial charge is 0.493 e. The van der Waals surface area contributed by atoms with E-state index in [2.05, 4.69) is 27.7 Å². The third-order valence-electron chi connectivity index (χ3n) is 6.11. The first kappa shape index (κ1) is 23.7. The van der Waals surface area contributed by atoms with E-state index in [9.17, 15) is 14.9 Å². The van der Waals surface area contributed by atoms with Crippen LogP contribution in [0.2, 0.25) is 0 Å². The smallest absolute Gasteiger partial charge is 0.269 e. The molecule has 1 atom stereocenters. The zero-order chi connectivity index (χ0) is 24.2. The maximum atomic E-state index is 12.7. The molecule has 1 N–H and O–H groups in total. The molecule has 1 aliphatic heterocycles. The Labute approximate surface area is 202 Å². The molecule has 1 aromatic heterocycles. The van der Waals surface area contributed by atoms with Gasteiger partial charge in [0.25, 0.3) is 5.69 Å². The molecule has 0 aliphatic carbocycles. The van der Waals surface area contributed by atoms with Gasteiger partial charge in [-0.1, -0.05) is 6.07 Å². The van der Waals surface area contributed by atoms with Crippen LogP contribution in [0.1, 0.15) is 34.0 Å². The number of carbonyl (C=O) groups is 1. The maximum absolute atomic E-state index is 12.7. The summed E-state index contributed by atoms with van der Waals surface area (Å²) in [6, 6.07) is 12.7. The molecular formula is C25H27N3O5S. The predicted octanol–water partition coefficient (Wildman–Crippen LogP) is 4.96. The molecule has 4 rings (SSSR count). The molecule has 1 amide bonds. The Balaban J connectivity index is 1.52. The summed E-state index contributed by atoms with van der Waals surface area (Å²) in [5.74, 6) is 1.29. The van der Waals surface area contributed by atoms with E-state index in [0.717, 1.165) is 24.3 Å². The minimum atomic E-state index is -0.442. The predicted molar refractivity (Wildman–Crippen MR) is 132 cm³/mol. The van der Waals surface area contributed by atoms with Crippen molar-refractivity contribution in [2.24, 2.45) is 0 Å². The van der Waals surface area contributed by atoms with E-state index in [1.807, 2.05) is 12.1 Å². The molecule has 1 unspecified atom stereocenters. The molecule has 2 heterocycles. The minimum Gasteiger partial charge on any atom is -0.493 e. The number of nitrogens with zero attached hydrogens (tertiary/aromatic N) is 2. The van der Waals surface area contributed by atoms with Crippen LogP contribution in [0, 0.1) is 17.0 Å². The Morgan fingerprint density at radius 1 is 1.21 bits per heavy atom. The van der Waals surface area contributed by atoms with E-state index in [1.54, 1.807) is 38.5 Å². The van der Waals surface area contributed by atoms with Crippen molar-refractivity contribution < 1.29 is 19.2 Å². The van der Waals surface area contributed by atoms with Crippen molar-refractivity contribution in [3.05, 3.63) is 79.5 Å². The van der Waals surface area contributed by atoms with Gasteiger partial charge in [-0.15, -0.1) is 11.3 Å². The molecule has 0 radical (unpaired) electrons. The number of methoxy groups -OCH3 is 2. The fraction of sp³-hybridized carbons (Fsp3) is 0.320. The molecule has 178 valence electrons. The lowest BCUT2D eigenvalue weighted by atomic mass is 9.90. The zero-order valence-electron chi connectivity index (χ0n) is 19.4. The number of benzene rings is 2. The number of non-ortho nitro benzene ring substituents is 1. The number of amides is 1. The lowest BCUT2D eigenvalue weighted by Gasteiger charge is -2.37. The summed E-state index contributed by atoms with van der Waals surface area (Å²) in [7, 11) is 3.27. The van der Waals surface area contributed by atoms with Crippen molar-refractivity contribution in [3.63, 3.8) is 0 Å². The Bertz CT molecular complexity index is 1200. The number of thiophene rings is 1. The highest BCUT2D eigenvalue weighted by molar-refractivity contribution is 7.10. The molecule has 0 saturated carbocycles. The van der Waals surface area contributed by atoms with Crippen LogP contribution in [-0.4, -0.2) is 43.0 Å². The highest BCUT2D eigenvalue weighted by Gasteiger charge is 2.31. The second-order valence-electron chi connectivity index (χ2n) is 8.16. The number of nitro benzene ring substituents is 1. The number of hydrogen-bond acceptors (Lipinski definition) is 7. The fourth-order valence-corrected chi connectivity index (χ4v) is 5.25. The van der Waals surface area contributed by atoms with Gasteiger partial charge < -0.3 is 14.8 Å². The number of nitrogens with one attached hydrogen (secondary N) is 1. The zero-order valence-corrected chi connectivity index (χ0v) is 20.2. The normalized spacial score (nSPS) is 15.4. The Kier molecular flexibility index (Phi) is 7.14. The lowest BCUT2D eigenvalue weighted by Crippen LogP contribution is -2.37. The van der Waals surface area contributed by atoms with Gasteiger partial charge in [-0.2, -0.15) is 0 Å².